The first-order valence-corrected chi connectivity index (χ1v) is 27.6. The van der Waals surface area contributed by atoms with Crippen molar-refractivity contribution in [3.63, 3.8) is 0 Å². The average Bonchev–Trinajstić information content (AvgIpc) is 3.58. The maximum absolute atomic E-state index is 2.67. The molecule has 0 radical (unpaired) electrons. The Labute approximate surface area is 450 Å². The first-order chi connectivity index (χ1) is 35.2. The zero-order valence-electron chi connectivity index (χ0n) is 47.8. The molecule has 0 saturated carbocycles. The zero-order valence-corrected chi connectivity index (χ0v) is 47.8. The number of para-hydroxylation sites is 2. The quantitative estimate of drug-likeness (QED) is 0.154. The molecule has 2 aliphatic heterocycles. The lowest BCUT2D eigenvalue weighted by Gasteiger charge is -2.46. The van der Waals surface area contributed by atoms with Crippen LogP contribution in [-0.4, -0.2) is 6.71 Å². The molecule has 75 heavy (non-hydrogen) atoms. The van der Waals surface area contributed by atoms with E-state index in [-0.39, 0.29) is 39.2 Å². The second-order valence-corrected chi connectivity index (χ2v) is 27.5. The second-order valence-electron chi connectivity index (χ2n) is 27.5. The summed E-state index contributed by atoms with van der Waals surface area (Å²) in [5.41, 5.74) is 25.2. The van der Waals surface area contributed by atoms with E-state index in [2.05, 4.69) is 295 Å². The van der Waals surface area contributed by atoms with Gasteiger partial charge < -0.3 is 14.7 Å². The molecule has 0 fully saturated rings. The molecular weight excluding hydrogens is 906 g/mol. The Kier molecular flexibility index (Phi) is 11.7. The lowest BCUT2D eigenvalue weighted by atomic mass is 9.33. The summed E-state index contributed by atoms with van der Waals surface area (Å²) in [6.07, 6.45) is 1.12. The highest BCUT2D eigenvalue weighted by atomic mass is 15.2. The van der Waals surface area contributed by atoms with E-state index in [0.717, 1.165) is 29.2 Å². The van der Waals surface area contributed by atoms with E-state index in [1.807, 2.05) is 0 Å². The third-order valence-electron chi connectivity index (χ3n) is 16.8. The molecule has 0 saturated heterocycles. The SMILES string of the molecule is CC(C)(C)c1ccc(N2c3ccc(C(C)(C)C)cc3B3c4cc(C(C)(C)C)ccc4N(c4ccc(C(C)(C)C)cc4-c4ccc5c(c4)C(C)(C)CC5(C)C)c4cc(N(c5ccccc5)c5ccccc5)cc2c43)cc1. The number of anilines is 9. The molecule has 0 spiro atoms. The molecule has 0 unspecified atom stereocenters. The molecule has 11 rings (SSSR count). The van der Waals surface area contributed by atoms with Gasteiger partial charge in [0.15, 0.2) is 0 Å². The number of hydrogen-bond acceptors (Lipinski definition) is 3. The molecule has 8 aromatic rings. The lowest BCUT2D eigenvalue weighted by molar-refractivity contribution is 0.403. The molecule has 2 heterocycles. The van der Waals surface area contributed by atoms with Crippen LogP contribution in [0, 0.1) is 0 Å². The van der Waals surface area contributed by atoms with E-state index in [0.29, 0.717) is 0 Å². The van der Waals surface area contributed by atoms with Crippen molar-refractivity contribution in [2.24, 2.45) is 0 Å². The van der Waals surface area contributed by atoms with Gasteiger partial charge in [0.2, 0.25) is 0 Å². The minimum absolute atomic E-state index is 0.00992. The van der Waals surface area contributed by atoms with Gasteiger partial charge in [-0.2, -0.15) is 0 Å². The van der Waals surface area contributed by atoms with Crippen molar-refractivity contribution in [2.75, 3.05) is 14.7 Å². The summed E-state index contributed by atoms with van der Waals surface area (Å²) in [5.74, 6) is 0. The molecule has 3 aliphatic rings. The normalized spacial score (nSPS) is 15.5. The van der Waals surface area contributed by atoms with Crippen molar-refractivity contribution in [3.8, 4) is 11.1 Å². The van der Waals surface area contributed by atoms with Crippen LogP contribution < -0.4 is 31.1 Å². The van der Waals surface area contributed by atoms with Gasteiger partial charge in [0.25, 0.3) is 6.71 Å². The van der Waals surface area contributed by atoms with Gasteiger partial charge in [0.05, 0.1) is 11.4 Å². The van der Waals surface area contributed by atoms with Crippen LogP contribution in [0.15, 0.2) is 170 Å². The van der Waals surface area contributed by atoms with E-state index in [4.69, 9.17) is 0 Å². The van der Waals surface area contributed by atoms with Crippen LogP contribution in [-0.2, 0) is 32.5 Å². The van der Waals surface area contributed by atoms with Gasteiger partial charge in [-0.1, -0.05) is 208 Å². The van der Waals surface area contributed by atoms with Crippen LogP contribution in [0.5, 0.6) is 0 Å². The van der Waals surface area contributed by atoms with Crippen molar-refractivity contribution in [3.05, 3.63) is 203 Å². The third-order valence-corrected chi connectivity index (χ3v) is 16.8. The van der Waals surface area contributed by atoms with Crippen LogP contribution in [0.4, 0.5) is 51.2 Å². The smallest absolute Gasteiger partial charge is 0.252 e. The molecule has 8 aromatic carbocycles. The highest BCUT2D eigenvalue weighted by Gasteiger charge is 2.46. The molecular formula is C71H78BN3. The molecule has 4 heteroatoms. The average molecular weight is 984 g/mol. The van der Waals surface area contributed by atoms with Gasteiger partial charge in [-0.05, 0) is 167 Å². The van der Waals surface area contributed by atoms with E-state index >= 15 is 0 Å². The predicted molar refractivity (Wildman–Crippen MR) is 326 cm³/mol. The highest BCUT2D eigenvalue weighted by molar-refractivity contribution is 7.00. The van der Waals surface area contributed by atoms with Crippen molar-refractivity contribution in [1.82, 2.24) is 0 Å². The fourth-order valence-electron chi connectivity index (χ4n) is 12.9. The van der Waals surface area contributed by atoms with Crippen molar-refractivity contribution in [1.29, 1.82) is 0 Å². The third kappa shape index (κ3) is 8.71. The van der Waals surface area contributed by atoms with E-state index < -0.39 is 0 Å². The number of rotatable bonds is 6. The zero-order chi connectivity index (χ0) is 53.4. The van der Waals surface area contributed by atoms with Crippen molar-refractivity contribution < 1.29 is 0 Å². The predicted octanol–water partition coefficient (Wildman–Crippen LogP) is 18.1. The Bertz CT molecular complexity index is 3460. The molecule has 380 valence electrons. The van der Waals surface area contributed by atoms with Crippen molar-refractivity contribution >= 4 is 74.3 Å². The van der Waals surface area contributed by atoms with Crippen LogP contribution in [0.1, 0.15) is 151 Å². The highest BCUT2D eigenvalue weighted by Crippen LogP contribution is 2.54. The summed E-state index contributed by atoms with van der Waals surface area (Å²) in [7, 11) is 0. The Morgan fingerprint density at radius 3 is 1.33 bits per heavy atom. The molecule has 0 N–H and O–H groups in total. The summed E-state index contributed by atoms with van der Waals surface area (Å²) >= 11 is 0. The Hall–Kier alpha value is -6.78. The Morgan fingerprint density at radius 2 is 0.827 bits per heavy atom. The van der Waals surface area contributed by atoms with Gasteiger partial charge in [-0.15, -0.1) is 0 Å². The summed E-state index contributed by atoms with van der Waals surface area (Å²) in [6, 6.07) is 65.9. The fourth-order valence-corrected chi connectivity index (χ4v) is 12.9. The monoisotopic (exact) mass is 984 g/mol. The van der Waals surface area contributed by atoms with Crippen LogP contribution >= 0.6 is 0 Å². The number of nitrogens with zero attached hydrogens (tertiary/aromatic N) is 3. The lowest BCUT2D eigenvalue weighted by Crippen LogP contribution is -2.61. The topological polar surface area (TPSA) is 9.72 Å². The molecule has 0 bridgehead atoms. The van der Waals surface area contributed by atoms with Crippen LogP contribution in [0.3, 0.4) is 0 Å². The van der Waals surface area contributed by atoms with Crippen LogP contribution in [0.2, 0.25) is 0 Å². The Morgan fingerprint density at radius 1 is 0.387 bits per heavy atom. The number of benzene rings is 8. The molecule has 0 aromatic heterocycles. The first-order valence-electron chi connectivity index (χ1n) is 27.6. The van der Waals surface area contributed by atoms with Gasteiger partial charge in [0, 0.05) is 45.4 Å². The summed E-state index contributed by atoms with van der Waals surface area (Å²) in [4.78, 5) is 7.71. The van der Waals surface area contributed by atoms with Gasteiger partial charge >= 0.3 is 0 Å². The second kappa shape index (κ2) is 17.4. The van der Waals surface area contributed by atoms with Gasteiger partial charge in [-0.25, -0.2) is 0 Å². The van der Waals surface area contributed by atoms with Gasteiger partial charge in [0.1, 0.15) is 0 Å². The standard InChI is InChI=1S/C71H78BN3/c1-66(2,3)47-28-33-53(34-29-47)74-61-37-31-49(68(7,8)9)41-58(61)72-59-42-50(69(10,11)12)32-38-62(59)75(64-44-54(43-63(74)65(64)72)73(51-23-19-17-20-24-51)52-25-21-18-22-26-52)60-36-30-48(67(4,5)6)40-55(60)46-27-35-56-57(39-46)71(15,16)45-70(56,13)14/h17-44H,45H2,1-16H3. The number of hydrogen-bond donors (Lipinski definition) is 0. The fraction of sp³-hybridized carbons (Fsp3) is 0.324. The number of fused-ring (bicyclic) bond motifs is 5. The molecule has 1 aliphatic carbocycles. The first kappa shape index (κ1) is 50.4. The van der Waals surface area contributed by atoms with E-state index in [1.165, 1.54) is 89.3 Å². The van der Waals surface area contributed by atoms with E-state index in [9.17, 15) is 0 Å². The van der Waals surface area contributed by atoms with Crippen molar-refractivity contribution in [2.45, 2.75) is 150 Å². The maximum atomic E-state index is 2.67. The van der Waals surface area contributed by atoms with Crippen LogP contribution in [0.25, 0.3) is 11.1 Å². The van der Waals surface area contributed by atoms with Gasteiger partial charge in [-0.3, -0.25) is 0 Å². The summed E-state index contributed by atoms with van der Waals surface area (Å²) in [5, 5.41) is 0. The van der Waals surface area contributed by atoms with E-state index in [1.54, 1.807) is 0 Å². The summed E-state index contributed by atoms with van der Waals surface area (Å²) in [6.45, 7) is 37.8. The largest absolute Gasteiger partial charge is 0.311 e. The maximum Gasteiger partial charge on any atom is 0.252 e. The summed E-state index contributed by atoms with van der Waals surface area (Å²) < 4.78 is 0. The Balaban J connectivity index is 1.30. The molecule has 3 nitrogen and oxygen atoms in total. The minimum Gasteiger partial charge on any atom is -0.311 e. The minimum atomic E-state index is -0.0746. The molecule has 0 amide bonds. The molecule has 0 atom stereocenters.